The zero-order chi connectivity index (χ0) is 17.4. The number of carbonyl (C=O) groups excluding carboxylic acids is 1. The highest BCUT2D eigenvalue weighted by Crippen LogP contribution is 2.44. The standard InChI is InChI=1S/C19H16N2O4/c1-24-15-9-12(7-8-14(15)22)13-10-16(23)25-19-17(13)18(20-21-19)11-5-3-2-4-6-11/h2-9,13,22H,10H2,1H3,(H,20,21)/t13-/m1/s1. The Labute approximate surface area is 144 Å². The van der Waals surface area contributed by atoms with Gasteiger partial charge in [0.2, 0.25) is 5.88 Å². The predicted molar refractivity (Wildman–Crippen MR) is 90.8 cm³/mol. The van der Waals surface area contributed by atoms with Crippen LogP contribution in [-0.4, -0.2) is 28.4 Å². The molecule has 0 amide bonds. The molecule has 6 heteroatoms. The van der Waals surface area contributed by atoms with E-state index in [4.69, 9.17) is 9.47 Å². The van der Waals surface area contributed by atoms with Gasteiger partial charge in [-0.25, -0.2) is 0 Å². The Morgan fingerprint density at radius 2 is 2.04 bits per heavy atom. The van der Waals surface area contributed by atoms with Gasteiger partial charge in [-0.2, -0.15) is 0 Å². The van der Waals surface area contributed by atoms with Gasteiger partial charge in [-0.05, 0) is 23.3 Å². The number of nitrogens with one attached hydrogen (secondary N) is 1. The molecule has 1 aliphatic rings. The van der Waals surface area contributed by atoms with Crippen LogP contribution in [0.5, 0.6) is 17.4 Å². The molecule has 2 heterocycles. The second-order valence-electron chi connectivity index (χ2n) is 5.85. The summed E-state index contributed by atoms with van der Waals surface area (Å²) in [4.78, 5) is 12.0. The number of H-pyrrole nitrogens is 1. The van der Waals surface area contributed by atoms with Crippen molar-refractivity contribution in [3.63, 3.8) is 0 Å². The Kier molecular flexibility index (Phi) is 3.65. The summed E-state index contributed by atoms with van der Waals surface area (Å²) in [5, 5.41) is 17.0. The van der Waals surface area contributed by atoms with Gasteiger partial charge in [0.25, 0.3) is 0 Å². The van der Waals surface area contributed by atoms with Crippen LogP contribution in [0.3, 0.4) is 0 Å². The van der Waals surface area contributed by atoms with Crippen LogP contribution in [-0.2, 0) is 4.79 Å². The van der Waals surface area contributed by atoms with Crippen molar-refractivity contribution in [2.45, 2.75) is 12.3 Å². The van der Waals surface area contributed by atoms with Gasteiger partial charge >= 0.3 is 5.97 Å². The fraction of sp³-hybridized carbons (Fsp3) is 0.158. The fourth-order valence-electron chi connectivity index (χ4n) is 3.17. The van der Waals surface area contributed by atoms with Gasteiger partial charge in [0.05, 0.1) is 24.8 Å². The number of rotatable bonds is 3. The number of nitrogens with zero attached hydrogens (tertiary/aromatic N) is 1. The first-order valence-electron chi connectivity index (χ1n) is 7.88. The summed E-state index contributed by atoms with van der Waals surface area (Å²) in [5.74, 6) is 0.144. The molecule has 0 aliphatic carbocycles. The molecule has 6 nitrogen and oxygen atoms in total. The van der Waals surface area contributed by atoms with Gasteiger partial charge in [-0.1, -0.05) is 36.4 Å². The number of aromatic hydroxyl groups is 1. The summed E-state index contributed by atoms with van der Waals surface area (Å²) in [6.07, 6.45) is 0.195. The van der Waals surface area contributed by atoms with E-state index in [2.05, 4.69) is 10.2 Å². The number of ether oxygens (including phenoxy) is 2. The quantitative estimate of drug-likeness (QED) is 0.717. The SMILES string of the molecule is COc1cc([C@H]2CC(=O)Oc3n[nH]c(-c4ccccc4)c32)ccc1O. The van der Waals surface area contributed by atoms with Crippen LogP contribution < -0.4 is 9.47 Å². The molecule has 0 saturated carbocycles. The molecular formula is C19H16N2O4. The Bertz CT molecular complexity index is 934. The van der Waals surface area contributed by atoms with Gasteiger partial charge in [-0.15, -0.1) is 5.10 Å². The molecular weight excluding hydrogens is 320 g/mol. The van der Waals surface area contributed by atoms with E-state index in [1.807, 2.05) is 30.3 Å². The monoisotopic (exact) mass is 336 g/mol. The average molecular weight is 336 g/mol. The van der Waals surface area contributed by atoms with Gasteiger partial charge in [-0.3, -0.25) is 9.89 Å². The normalized spacial score (nSPS) is 16.2. The zero-order valence-corrected chi connectivity index (χ0v) is 13.5. The highest BCUT2D eigenvalue weighted by molar-refractivity contribution is 5.80. The number of hydrogen-bond acceptors (Lipinski definition) is 5. The van der Waals surface area contributed by atoms with Crippen LogP contribution in [0.2, 0.25) is 0 Å². The lowest BCUT2D eigenvalue weighted by molar-refractivity contribution is -0.135. The van der Waals surface area contributed by atoms with Crippen LogP contribution in [0, 0.1) is 0 Å². The van der Waals surface area contributed by atoms with E-state index in [1.165, 1.54) is 7.11 Å². The Hall–Kier alpha value is -3.28. The van der Waals surface area contributed by atoms with Crippen molar-refractivity contribution in [1.29, 1.82) is 0 Å². The molecule has 2 N–H and O–H groups in total. The van der Waals surface area contributed by atoms with E-state index in [-0.39, 0.29) is 24.1 Å². The third-order valence-electron chi connectivity index (χ3n) is 4.37. The van der Waals surface area contributed by atoms with Crippen molar-refractivity contribution in [2.75, 3.05) is 7.11 Å². The summed E-state index contributed by atoms with van der Waals surface area (Å²) in [6, 6.07) is 14.9. The van der Waals surface area contributed by atoms with E-state index < -0.39 is 0 Å². The molecule has 2 aromatic carbocycles. The number of esters is 1. The molecule has 0 fully saturated rings. The number of benzene rings is 2. The highest BCUT2D eigenvalue weighted by atomic mass is 16.5. The maximum absolute atomic E-state index is 12.0. The molecule has 0 saturated heterocycles. The first-order valence-corrected chi connectivity index (χ1v) is 7.88. The number of fused-ring (bicyclic) bond motifs is 1. The second kappa shape index (κ2) is 5.98. The molecule has 126 valence electrons. The second-order valence-corrected chi connectivity index (χ2v) is 5.85. The molecule has 4 rings (SSSR count). The van der Waals surface area contributed by atoms with E-state index in [0.29, 0.717) is 11.6 Å². The van der Waals surface area contributed by atoms with Crippen LogP contribution >= 0.6 is 0 Å². The number of methoxy groups -OCH3 is 1. The molecule has 1 aromatic heterocycles. The first kappa shape index (κ1) is 15.3. The number of phenolic OH excluding ortho intramolecular Hbond substituents is 1. The van der Waals surface area contributed by atoms with Crippen LogP contribution in [0.25, 0.3) is 11.3 Å². The molecule has 1 atom stereocenters. The van der Waals surface area contributed by atoms with E-state index in [1.54, 1.807) is 18.2 Å². The third-order valence-corrected chi connectivity index (χ3v) is 4.37. The van der Waals surface area contributed by atoms with Crippen molar-refractivity contribution < 1.29 is 19.4 Å². The smallest absolute Gasteiger partial charge is 0.313 e. The summed E-state index contributed by atoms with van der Waals surface area (Å²) in [6.45, 7) is 0. The van der Waals surface area contributed by atoms with Crippen molar-refractivity contribution in [3.05, 3.63) is 59.7 Å². The molecule has 0 bridgehead atoms. The molecule has 25 heavy (non-hydrogen) atoms. The largest absolute Gasteiger partial charge is 0.504 e. The Morgan fingerprint density at radius 1 is 1.24 bits per heavy atom. The minimum absolute atomic E-state index is 0.0559. The van der Waals surface area contributed by atoms with Gasteiger partial charge in [0.15, 0.2) is 11.5 Å². The van der Waals surface area contributed by atoms with Gasteiger partial charge < -0.3 is 14.6 Å². The van der Waals surface area contributed by atoms with Crippen LogP contribution in [0.1, 0.15) is 23.5 Å². The fourth-order valence-corrected chi connectivity index (χ4v) is 3.17. The number of aromatic amines is 1. The number of phenols is 1. The molecule has 1 aliphatic heterocycles. The first-order chi connectivity index (χ1) is 12.2. The van der Waals surface area contributed by atoms with Crippen molar-refractivity contribution in [3.8, 4) is 28.6 Å². The Morgan fingerprint density at radius 3 is 2.80 bits per heavy atom. The molecule has 0 spiro atoms. The number of carbonyl (C=O) groups is 1. The minimum atomic E-state index is -0.337. The van der Waals surface area contributed by atoms with Crippen LogP contribution in [0.15, 0.2) is 48.5 Å². The lowest BCUT2D eigenvalue weighted by Gasteiger charge is -2.23. The number of aromatic nitrogens is 2. The topological polar surface area (TPSA) is 84.4 Å². The van der Waals surface area contributed by atoms with Crippen molar-refractivity contribution >= 4 is 5.97 Å². The summed E-state index contributed by atoms with van der Waals surface area (Å²) in [5.41, 5.74) is 3.47. The predicted octanol–water partition coefficient (Wildman–Crippen LogP) is 3.23. The zero-order valence-electron chi connectivity index (χ0n) is 13.5. The highest BCUT2D eigenvalue weighted by Gasteiger charge is 2.34. The van der Waals surface area contributed by atoms with Crippen molar-refractivity contribution in [2.24, 2.45) is 0 Å². The van der Waals surface area contributed by atoms with Gasteiger partial charge in [0.1, 0.15) is 0 Å². The van der Waals surface area contributed by atoms with E-state index in [9.17, 15) is 9.90 Å². The Balaban J connectivity index is 1.86. The third kappa shape index (κ3) is 2.61. The maximum atomic E-state index is 12.0. The number of hydrogen-bond donors (Lipinski definition) is 2. The van der Waals surface area contributed by atoms with Crippen LogP contribution in [0.4, 0.5) is 0 Å². The lowest BCUT2D eigenvalue weighted by Crippen LogP contribution is -2.20. The average Bonchev–Trinajstić information content (AvgIpc) is 3.06. The lowest BCUT2D eigenvalue weighted by atomic mass is 9.85. The van der Waals surface area contributed by atoms with E-state index in [0.717, 1.165) is 22.4 Å². The summed E-state index contributed by atoms with van der Waals surface area (Å²) < 4.78 is 10.5. The molecule has 0 radical (unpaired) electrons. The van der Waals surface area contributed by atoms with Crippen molar-refractivity contribution in [1.82, 2.24) is 10.2 Å². The maximum Gasteiger partial charge on any atom is 0.313 e. The summed E-state index contributed by atoms with van der Waals surface area (Å²) in [7, 11) is 1.49. The molecule has 3 aromatic rings. The molecule has 0 unspecified atom stereocenters. The van der Waals surface area contributed by atoms with Gasteiger partial charge in [0, 0.05) is 5.92 Å². The minimum Gasteiger partial charge on any atom is -0.504 e. The summed E-state index contributed by atoms with van der Waals surface area (Å²) >= 11 is 0. The van der Waals surface area contributed by atoms with E-state index >= 15 is 0 Å².